The summed E-state index contributed by atoms with van der Waals surface area (Å²) in [4.78, 5) is 5.00. The molecule has 0 aromatic heterocycles. The number of hydrogen-bond donors (Lipinski definition) is 1. The minimum Gasteiger partial charge on any atom is -0.392 e. The molecule has 3 heteroatoms. The summed E-state index contributed by atoms with van der Waals surface area (Å²) < 4.78 is 5.36. The van der Waals surface area contributed by atoms with Gasteiger partial charge in [0.1, 0.15) is 0 Å². The molecule has 2 aliphatic rings. The number of aliphatic imine (C=N–C) groups is 1. The topological polar surface area (TPSA) is 41.8 Å². The Balaban J connectivity index is 2.17. The molecule has 23 heavy (non-hydrogen) atoms. The van der Waals surface area contributed by atoms with Crippen molar-refractivity contribution in [3.63, 3.8) is 0 Å². The number of fused-ring (bicyclic) bond motifs is 3. The van der Waals surface area contributed by atoms with E-state index in [1.165, 1.54) is 11.1 Å². The third-order valence-corrected chi connectivity index (χ3v) is 4.78. The van der Waals surface area contributed by atoms with Crippen LogP contribution in [-0.4, -0.2) is 37.2 Å². The van der Waals surface area contributed by atoms with E-state index in [4.69, 9.17) is 9.73 Å². The molecule has 3 unspecified atom stereocenters. The van der Waals surface area contributed by atoms with Crippen molar-refractivity contribution in [2.75, 3.05) is 20.3 Å². The highest BCUT2D eigenvalue weighted by Crippen LogP contribution is 2.45. The van der Waals surface area contributed by atoms with Gasteiger partial charge in [0.2, 0.25) is 0 Å². The monoisotopic (exact) mass is 309 g/mol. The van der Waals surface area contributed by atoms with Gasteiger partial charge in [0.25, 0.3) is 0 Å². The summed E-state index contributed by atoms with van der Waals surface area (Å²) >= 11 is 0. The lowest BCUT2D eigenvalue weighted by Crippen LogP contribution is -2.31. The van der Waals surface area contributed by atoms with Crippen molar-refractivity contribution < 1.29 is 9.84 Å². The van der Waals surface area contributed by atoms with Crippen LogP contribution in [0.2, 0.25) is 0 Å². The summed E-state index contributed by atoms with van der Waals surface area (Å²) in [7, 11) is 1.70. The molecule has 1 aliphatic carbocycles. The Bertz CT molecular complexity index is 714. The molecule has 1 aromatic rings. The second-order valence-corrected chi connectivity index (χ2v) is 6.28. The van der Waals surface area contributed by atoms with E-state index in [0.29, 0.717) is 6.61 Å². The van der Waals surface area contributed by atoms with Crippen molar-refractivity contribution in [1.82, 2.24) is 0 Å². The SMILES string of the molecule is C=CC(=C)C1=NC2C(COC)C=C(CO)C2c2ccc(C)cc21. The fourth-order valence-corrected chi connectivity index (χ4v) is 3.71. The lowest BCUT2D eigenvalue weighted by molar-refractivity contribution is 0.160. The van der Waals surface area contributed by atoms with Crippen LogP contribution in [0.15, 0.2) is 59.6 Å². The number of ether oxygens (including phenoxy) is 1. The quantitative estimate of drug-likeness (QED) is 0.670. The number of allylic oxidation sites excluding steroid dienone is 2. The summed E-state index contributed by atoms with van der Waals surface area (Å²) in [6, 6.07) is 6.48. The molecule has 0 amide bonds. The first-order valence-corrected chi connectivity index (χ1v) is 7.91. The van der Waals surface area contributed by atoms with Crippen LogP contribution < -0.4 is 0 Å². The van der Waals surface area contributed by atoms with Gasteiger partial charge in [0, 0.05) is 24.5 Å². The minimum atomic E-state index is 0.0546. The Morgan fingerprint density at radius 2 is 2.22 bits per heavy atom. The van der Waals surface area contributed by atoms with E-state index in [-0.39, 0.29) is 24.5 Å². The molecule has 1 N–H and O–H groups in total. The van der Waals surface area contributed by atoms with Crippen molar-refractivity contribution in [1.29, 1.82) is 0 Å². The molecule has 0 spiro atoms. The van der Waals surface area contributed by atoms with Gasteiger partial charge in [-0.05, 0) is 29.7 Å². The van der Waals surface area contributed by atoms with Crippen LogP contribution >= 0.6 is 0 Å². The van der Waals surface area contributed by atoms with Crippen LogP contribution in [0.25, 0.3) is 0 Å². The molecular weight excluding hydrogens is 286 g/mol. The number of nitrogens with zero attached hydrogens (tertiary/aromatic N) is 1. The summed E-state index contributed by atoms with van der Waals surface area (Å²) in [6.07, 6.45) is 3.89. The van der Waals surface area contributed by atoms with Gasteiger partial charge < -0.3 is 9.84 Å². The van der Waals surface area contributed by atoms with Crippen molar-refractivity contribution >= 4 is 5.71 Å². The smallest absolute Gasteiger partial charge is 0.0719 e. The number of hydrogen-bond acceptors (Lipinski definition) is 3. The molecule has 1 aromatic carbocycles. The fourth-order valence-electron chi connectivity index (χ4n) is 3.71. The van der Waals surface area contributed by atoms with Crippen LogP contribution in [-0.2, 0) is 4.74 Å². The molecule has 3 nitrogen and oxygen atoms in total. The summed E-state index contributed by atoms with van der Waals surface area (Å²) in [5.74, 6) is 0.298. The molecule has 0 saturated heterocycles. The average Bonchev–Trinajstić information content (AvgIpc) is 2.91. The lowest BCUT2D eigenvalue weighted by Gasteiger charge is -2.31. The molecular formula is C20H23NO2. The minimum absolute atomic E-state index is 0.0546. The van der Waals surface area contributed by atoms with E-state index in [2.05, 4.69) is 44.4 Å². The van der Waals surface area contributed by atoms with Gasteiger partial charge in [-0.15, -0.1) is 0 Å². The van der Waals surface area contributed by atoms with Gasteiger partial charge in [-0.1, -0.05) is 43.0 Å². The van der Waals surface area contributed by atoms with E-state index in [9.17, 15) is 5.11 Å². The molecule has 3 atom stereocenters. The molecule has 3 rings (SSSR count). The maximum atomic E-state index is 9.80. The highest BCUT2D eigenvalue weighted by molar-refractivity contribution is 6.15. The second kappa shape index (κ2) is 6.26. The zero-order valence-electron chi connectivity index (χ0n) is 13.7. The fraction of sp³-hybridized carbons (Fsp3) is 0.350. The van der Waals surface area contributed by atoms with Gasteiger partial charge in [-0.25, -0.2) is 0 Å². The third kappa shape index (κ3) is 2.60. The highest BCUT2D eigenvalue weighted by atomic mass is 16.5. The van der Waals surface area contributed by atoms with Crippen molar-refractivity contribution in [3.8, 4) is 0 Å². The Morgan fingerprint density at radius 3 is 2.87 bits per heavy atom. The van der Waals surface area contributed by atoms with E-state index >= 15 is 0 Å². The summed E-state index contributed by atoms with van der Waals surface area (Å²) in [5, 5.41) is 9.80. The normalized spacial score (nSPS) is 25.3. The standard InChI is InChI=1S/C20H23NO2/c1-5-13(3)19-17-8-12(2)6-7-16(17)18-14(10-22)9-15(11-23-4)20(18)21-19/h5-9,15,18,20,22H,1,3,10-11H2,2,4H3. The Morgan fingerprint density at radius 1 is 1.43 bits per heavy atom. The zero-order chi connectivity index (χ0) is 16.6. The van der Waals surface area contributed by atoms with Gasteiger partial charge in [-0.2, -0.15) is 0 Å². The van der Waals surface area contributed by atoms with Crippen molar-refractivity contribution in [3.05, 3.63) is 71.3 Å². The van der Waals surface area contributed by atoms with Crippen LogP contribution in [0, 0.1) is 12.8 Å². The van der Waals surface area contributed by atoms with Gasteiger partial charge >= 0.3 is 0 Å². The molecule has 1 aliphatic heterocycles. The van der Waals surface area contributed by atoms with Crippen molar-refractivity contribution in [2.45, 2.75) is 18.9 Å². The van der Waals surface area contributed by atoms with Crippen molar-refractivity contribution in [2.24, 2.45) is 10.9 Å². The van der Waals surface area contributed by atoms with Gasteiger partial charge in [0.15, 0.2) is 0 Å². The Hall–Kier alpha value is -1.97. The first-order valence-electron chi connectivity index (χ1n) is 7.91. The molecule has 0 bridgehead atoms. The van der Waals surface area contributed by atoms with E-state index < -0.39 is 0 Å². The molecule has 0 radical (unpaired) electrons. The highest BCUT2D eigenvalue weighted by Gasteiger charge is 2.41. The maximum absolute atomic E-state index is 9.80. The number of methoxy groups -OCH3 is 1. The lowest BCUT2D eigenvalue weighted by atomic mass is 9.79. The maximum Gasteiger partial charge on any atom is 0.0719 e. The predicted molar refractivity (Wildman–Crippen MR) is 94.1 cm³/mol. The number of aliphatic hydroxyl groups is 1. The number of benzene rings is 1. The van der Waals surface area contributed by atoms with E-state index in [1.54, 1.807) is 13.2 Å². The Kier molecular flexibility index (Phi) is 4.33. The van der Waals surface area contributed by atoms with Gasteiger partial charge in [0.05, 0.1) is 25.0 Å². The average molecular weight is 309 g/mol. The molecule has 1 heterocycles. The molecule has 0 saturated carbocycles. The first-order chi connectivity index (χ1) is 11.1. The zero-order valence-corrected chi connectivity index (χ0v) is 13.7. The van der Waals surface area contributed by atoms with Crippen LogP contribution in [0.5, 0.6) is 0 Å². The van der Waals surface area contributed by atoms with E-state index in [1.807, 2.05) is 0 Å². The number of aryl methyl sites for hydroxylation is 1. The largest absolute Gasteiger partial charge is 0.392 e. The Labute approximate surface area is 137 Å². The van der Waals surface area contributed by atoms with Crippen LogP contribution in [0.4, 0.5) is 0 Å². The molecule has 120 valence electrons. The van der Waals surface area contributed by atoms with E-state index in [0.717, 1.165) is 22.4 Å². The first kappa shape index (κ1) is 15.9. The van der Waals surface area contributed by atoms with Gasteiger partial charge in [-0.3, -0.25) is 4.99 Å². The summed E-state index contributed by atoms with van der Waals surface area (Å²) in [5.41, 5.74) is 6.29. The third-order valence-electron chi connectivity index (χ3n) is 4.78. The predicted octanol–water partition coefficient (Wildman–Crippen LogP) is 3.19. The molecule has 0 fully saturated rings. The van der Waals surface area contributed by atoms with Crippen LogP contribution in [0.1, 0.15) is 22.6 Å². The van der Waals surface area contributed by atoms with Crippen LogP contribution in [0.3, 0.4) is 0 Å². The second-order valence-electron chi connectivity index (χ2n) is 6.28. The number of aliphatic hydroxyl groups excluding tert-OH is 1. The summed E-state index contributed by atoms with van der Waals surface area (Å²) in [6.45, 7) is 10.7. The number of rotatable bonds is 5.